The van der Waals surface area contributed by atoms with Crippen molar-refractivity contribution in [3.63, 3.8) is 0 Å². The van der Waals surface area contributed by atoms with E-state index in [0.29, 0.717) is 4.90 Å². The first kappa shape index (κ1) is 21.7. The van der Waals surface area contributed by atoms with Crippen LogP contribution in [-0.4, -0.2) is 59.4 Å². The number of alkyl halides is 3. The molecule has 2 amide bonds. The van der Waals surface area contributed by atoms with Gasteiger partial charge in [-0.2, -0.15) is 13.2 Å². The van der Waals surface area contributed by atoms with E-state index in [2.05, 4.69) is 0 Å². The molecule has 0 radical (unpaired) electrons. The van der Waals surface area contributed by atoms with Crippen LogP contribution in [0.15, 0.2) is 48.5 Å². The Morgan fingerprint density at radius 1 is 1.06 bits per heavy atom. The van der Waals surface area contributed by atoms with Gasteiger partial charge in [0.05, 0.1) is 0 Å². The van der Waals surface area contributed by atoms with E-state index < -0.39 is 36.2 Å². The van der Waals surface area contributed by atoms with E-state index in [0.717, 1.165) is 22.3 Å². The van der Waals surface area contributed by atoms with Crippen LogP contribution >= 0.6 is 0 Å². The number of alkyl carbamates (subject to hydrolysis) is 1. The smallest absolute Gasteiger partial charge is 0.417 e. The predicted octanol–water partition coefficient (Wildman–Crippen LogP) is 3.14. The fourth-order valence-corrected chi connectivity index (χ4v) is 4.12. The minimum absolute atomic E-state index is 0.0522. The SMILES string of the molecule is O=C(NC(C(=O)N1CCC1C(=O)O)C(F)(F)F)OCC1c2ccccc2-c2ccccc21. The zero-order chi connectivity index (χ0) is 23.0. The average Bonchev–Trinajstić information content (AvgIpc) is 3.02. The zero-order valence-corrected chi connectivity index (χ0v) is 16.6. The van der Waals surface area contributed by atoms with Gasteiger partial charge in [-0.05, 0) is 28.7 Å². The number of rotatable bonds is 5. The highest BCUT2D eigenvalue weighted by atomic mass is 19.4. The molecule has 2 unspecified atom stereocenters. The summed E-state index contributed by atoms with van der Waals surface area (Å²) in [6.45, 7) is -0.352. The van der Waals surface area contributed by atoms with E-state index in [9.17, 15) is 27.6 Å². The Balaban J connectivity index is 1.46. The quantitative estimate of drug-likeness (QED) is 0.733. The van der Waals surface area contributed by atoms with Crippen molar-refractivity contribution in [1.82, 2.24) is 10.2 Å². The van der Waals surface area contributed by atoms with Crippen molar-refractivity contribution >= 4 is 18.0 Å². The lowest BCUT2D eigenvalue weighted by Gasteiger charge is -2.40. The number of nitrogens with zero attached hydrogens (tertiary/aromatic N) is 1. The first-order valence-electron chi connectivity index (χ1n) is 9.90. The maximum Gasteiger partial charge on any atom is 0.417 e. The molecular formula is C22H19F3N2O5. The van der Waals surface area contributed by atoms with E-state index in [1.54, 1.807) is 5.32 Å². The van der Waals surface area contributed by atoms with Gasteiger partial charge >= 0.3 is 18.2 Å². The van der Waals surface area contributed by atoms with Crippen LogP contribution in [0.2, 0.25) is 0 Å². The Hall–Kier alpha value is -3.56. The van der Waals surface area contributed by atoms with E-state index >= 15 is 0 Å². The molecule has 2 aromatic carbocycles. The van der Waals surface area contributed by atoms with E-state index in [-0.39, 0.29) is 25.5 Å². The van der Waals surface area contributed by atoms with Crippen LogP contribution in [0.4, 0.5) is 18.0 Å². The van der Waals surface area contributed by atoms with Crippen LogP contribution in [0.25, 0.3) is 11.1 Å². The van der Waals surface area contributed by atoms with Crippen LogP contribution < -0.4 is 5.32 Å². The van der Waals surface area contributed by atoms with Crippen LogP contribution in [0.5, 0.6) is 0 Å². The largest absolute Gasteiger partial charge is 0.480 e. The number of benzene rings is 2. The van der Waals surface area contributed by atoms with Crippen LogP contribution in [0, 0.1) is 0 Å². The number of likely N-dealkylation sites (tertiary alicyclic amines) is 1. The molecule has 10 heteroatoms. The standard InChI is InChI=1S/C22H19F3N2O5/c23-22(24,25)18(19(28)27-10-9-17(27)20(29)30)26-21(31)32-11-16-14-7-3-1-5-12(14)13-6-2-4-8-15(13)16/h1-8,16-18H,9-11H2,(H,26,31)(H,29,30). The second-order valence-corrected chi connectivity index (χ2v) is 7.62. The molecule has 168 valence electrons. The van der Waals surface area contributed by atoms with Gasteiger partial charge < -0.3 is 20.1 Å². The van der Waals surface area contributed by atoms with Crippen LogP contribution in [0.1, 0.15) is 23.5 Å². The molecule has 1 aliphatic carbocycles. The van der Waals surface area contributed by atoms with E-state index in [1.165, 1.54) is 0 Å². The maximum atomic E-state index is 13.5. The monoisotopic (exact) mass is 448 g/mol. The van der Waals surface area contributed by atoms with Crippen molar-refractivity contribution < 1.29 is 37.4 Å². The Morgan fingerprint density at radius 2 is 1.62 bits per heavy atom. The fourth-order valence-electron chi connectivity index (χ4n) is 4.12. The minimum Gasteiger partial charge on any atom is -0.480 e. The van der Waals surface area contributed by atoms with Gasteiger partial charge in [0, 0.05) is 12.5 Å². The number of amides is 2. The summed E-state index contributed by atoms with van der Waals surface area (Å²) in [4.78, 5) is 36.1. The molecule has 0 saturated carbocycles. The molecule has 0 bridgehead atoms. The van der Waals surface area contributed by atoms with Crippen molar-refractivity contribution in [2.45, 2.75) is 30.6 Å². The predicted molar refractivity (Wildman–Crippen MR) is 106 cm³/mol. The van der Waals surface area contributed by atoms with Crippen molar-refractivity contribution in [1.29, 1.82) is 0 Å². The van der Waals surface area contributed by atoms with Crippen molar-refractivity contribution in [3.05, 3.63) is 59.7 Å². The van der Waals surface area contributed by atoms with Gasteiger partial charge in [-0.3, -0.25) is 4.79 Å². The highest BCUT2D eigenvalue weighted by Gasteiger charge is 2.51. The van der Waals surface area contributed by atoms with Crippen molar-refractivity contribution in [3.8, 4) is 11.1 Å². The first-order valence-corrected chi connectivity index (χ1v) is 9.90. The number of carbonyl (C=O) groups excluding carboxylic acids is 2. The maximum absolute atomic E-state index is 13.5. The molecule has 1 heterocycles. The van der Waals surface area contributed by atoms with Gasteiger partial charge in [0.1, 0.15) is 12.6 Å². The van der Waals surface area contributed by atoms with Crippen molar-refractivity contribution in [2.75, 3.05) is 13.2 Å². The molecule has 32 heavy (non-hydrogen) atoms. The lowest BCUT2D eigenvalue weighted by molar-refractivity contribution is -0.183. The summed E-state index contributed by atoms with van der Waals surface area (Å²) < 4.78 is 45.4. The highest BCUT2D eigenvalue weighted by molar-refractivity contribution is 5.91. The van der Waals surface area contributed by atoms with Gasteiger partial charge in [-0.25, -0.2) is 9.59 Å². The van der Waals surface area contributed by atoms with Crippen molar-refractivity contribution in [2.24, 2.45) is 0 Å². The summed E-state index contributed by atoms with van der Waals surface area (Å²) in [6, 6.07) is 10.7. The molecule has 1 saturated heterocycles. The number of hydrogen-bond donors (Lipinski definition) is 2. The minimum atomic E-state index is -5.11. The lowest BCUT2D eigenvalue weighted by Crippen LogP contribution is -2.63. The number of fused-ring (bicyclic) bond motifs is 3. The van der Waals surface area contributed by atoms with E-state index in [1.807, 2.05) is 48.5 Å². The summed E-state index contributed by atoms with van der Waals surface area (Å²) in [7, 11) is 0. The van der Waals surface area contributed by atoms with Gasteiger partial charge in [0.2, 0.25) is 6.04 Å². The summed E-state index contributed by atoms with van der Waals surface area (Å²) in [5.74, 6) is -3.28. The molecule has 2 aliphatic rings. The summed E-state index contributed by atoms with van der Waals surface area (Å²) in [6.07, 6.45) is -6.47. The normalized spacial score (nSPS) is 18.2. The number of nitrogens with one attached hydrogen (secondary N) is 1. The van der Waals surface area contributed by atoms with Crippen LogP contribution in [0.3, 0.4) is 0 Å². The van der Waals surface area contributed by atoms with Crippen LogP contribution in [-0.2, 0) is 14.3 Å². The number of carboxylic acids is 1. The number of aliphatic carboxylic acids is 1. The van der Waals surface area contributed by atoms with E-state index in [4.69, 9.17) is 9.84 Å². The third kappa shape index (κ3) is 3.88. The zero-order valence-electron chi connectivity index (χ0n) is 16.6. The Labute approximate surface area is 180 Å². The number of hydrogen-bond acceptors (Lipinski definition) is 4. The third-order valence-corrected chi connectivity index (χ3v) is 5.77. The van der Waals surface area contributed by atoms with Gasteiger partial charge in [-0.1, -0.05) is 48.5 Å². The highest BCUT2D eigenvalue weighted by Crippen LogP contribution is 2.44. The van der Waals surface area contributed by atoms with Gasteiger partial charge in [0.15, 0.2) is 0 Å². The average molecular weight is 448 g/mol. The second kappa shape index (κ2) is 8.18. The third-order valence-electron chi connectivity index (χ3n) is 5.77. The summed E-state index contributed by atoms with van der Waals surface area (Å²) >= 11 is 0. The molecule has 1 fully saturated rings. The number of carbonyl (C=O) groups is 3. The molecule has 0 aromatic heterocycles. The number of ether oxygens (including phenoxy) is 1. The topological polar surface area (TPSA) is 95.9 Å². The summed E-state index contributed by atoms with van der Waals surface area (Å²) in [5.41, 5.74) is 3.68. The van der Waals surface area contributed by atoms with Gasteiger partial charge in [0.25, 0.3) is 5.91 Å². The molecule has 2 N–H and O–H groups in total. The molecule has 1 aliphatic heterocycles. The lowest BCUT2D eigenvalue weighted by atomic mass is 9.98. The molecule has 2 aromatic rings. The summed E-state index contributed by atoms with van der Waals surface area (Å²) in [5, 5.41) is 10.6. The fraction of sp³-hybridized carbons (Fsp3) is 0.318. The Bertz CT molecular complexity index is 1030. The number of carboxylic acid groups (broad SMARTS) is 1. The second-order valence-electron chi connectivity index (χ2n) is 7.62. The molecule has 2 atom stereocenters. The molecule has 0 spiro atoms. The molecular weight excluding hydrogens is 429 g/mol. The Kier molecular flexibility index (Phi) is 5.53. The molecule has 4 rings (SSSR count). The Morgan fingerprint density at radius 3 is 2.09 bits per heavy atom. The molecule has 7 nitrogen and oxygen atoms in total. The number of halogens is 3. The van der Waals surface area contributed by atoms with Gasteiger partial charge in [-0.15, -0.1) is 0 Å². The first-order chi connectivity index (χ1) is 15.2.